The van der Waals surface area contributed by atoms with Gasteiger partial charge in [0.25, 0.3) is 5.91 Å². The van der Waals surface area contributed by atoms with E-state index in [1.807, 2.05) is 91.0 Å². The van der Waals surface area contributed by atoms with Crippen molar-refractivity contribution < 1.29 is 13.9 Å². The normalized spacial score (nSPS) is 15.7. The van der Waals surface area contributed by atoms with E-state index < -0.39 is 0 Å². The van der Waals surface area contributed by atoms with Crippen molar-refractivity contribution in [1.82, 2.24) is 4.90 Å². The molecule has 0 unspecified atom stereocenters. The molecule has 0 radical (unpaired) electrons. The van der Waals surface area contributed by atoms with Gasteiger partial charge in [0.15, 0.2) is 5.17 Å². The summed E-state index contributed by atoms with van der Waals surface area (Å²) < 4.78 is 13.6. The van der Waals surface area contributed by atoms with Gasteiger partial charge in [-0.05, 0) is 78.0 Å². The zero-order chi connectivity index (χ0) is 24.9. The Bertz CT molecular complexity index is 1420. The molecule has 0 spiro atoms. The summed E-state index contributed by atoms with van der Waals surface area (Å²) in [5.74, 6) is 1.24. The first-order chi connectivity index (χ1) is 17.5. The van der Waals surface area contributed by atoms with Gasteiger partial charge in [0, 0.05) is 14.5 Å². The number of carbonyl (C=O) groups excluding carboxylic acids is 1. The minimum Gasteiger partial charge on any atom is -0.488 e. The zero-order valence-corrected chi connectivity index (χ0v) is 22.9. The Labute approximate surface area is 230 Å². The highest BCUT2D eigenvalue weighted by atomic mass is 79.9. The average Bonchev–Trinajstić information content (AvgIpc) is 3.50. The number of thioether (sulfide) groups is 1. The average molecular weight is 624 g/mol. The lowest BCUT2D eigenvalue weighted by Crippen LogP contribution is -2.28. The molecular weight excluding hydrogens is 604 g/mol. The largest absolute Gasteiger partial charge is 0.488 e. The first kappa shape index (κ1) is 24.6. The van der Waals surface area contributed by atoms with Crippen LogP contribution in [0.3, 0.4) is 0 Å². The Kier molecular flexibility index (Phi) is 7.75. The fraction of sp³-hybridized carbons (Fsp3) is 0.0714. The molecule has 1 amide bonds. The molecule has 8 heteroatoms. The Hall–Kier alpha value is -3.07. The van der Waals surface area contributed by atoms with Gasteiger partial charge in [0.1, 0.15) is 18.1 Å². The van der Waals surface area contributed by atoms with E-state index in [-0.39, 0.29) is 5.91 Å². The summed E-state index contributed by atoms with van der Waals surface area (Å²) in [5, 5.41) is 0.598. The standard InChI is InChI=1S/C28H20Br2N2O3S/c29-21-10-8-19(9-11-21)18-35-25-13-12-22(30)15-20(25)16-26-27(33)32(17-24-7-4-14-34-24)28(36-26)31-23-5-2-1-3-6-23/h1-16H,17-18H2/b26-16-,31-28?. The number of amidine groups is 1. The van der Waals surface area contributed by atoms with E-state index in [1.54, 1.807) is 11.2 Å². The van der Waals surface area contributed by atoms with Crippen molar-refractivity contribution in [2.75, 3.05) is 0 Å². The second-order valence-corrected chi connectivity index (χ2v) is 10.7. The molecule has 0 saturated carbocycles. The molecule has 36 heavy (non-hydrogen) atoms. The summed E-state index contributed by atoms with van der Waals surface area (Å²) in [6.45, 7) is 0.713. The van der Waals surface area contributed by atoms with Gasteiger partial charge < -0.3 is 9.15 Å². The first-order valence-corrected chi connectivity index (χ1v) is 13.5. The highest BCUT2D eigenvalue weighted by Crippen LogP contribution is 2.37. The molecule has 0 bridgehead atoms. The highest BCUT2D eigenvalue weighted by Gasteiger charge is 2.34. The molecule has 3 aromatic carbocycles. The molecule has 0 N–H and O–H groups in total. The highest BCUT2D eigenvalue weighted by molar-refractivity contribution is 9.10. The van der Waals surface area contributed by atoms with Crippen molar-refractivity contribution in [3.63, 3.8) is 0 Å². The van der Waals surface area contributed by atoms with Gasteiger partial charge in [-0.3, -0.25) is 9.69 Å². The van der Waals surface area contributed by atoms with E-state index in [2.05, 4.69) is 31.9 Å². The first-order valence-electron chi connectivity index (χ1n) is 11.1. The molecule has 5 rings (SSSR count). The number of furan rings is 1. The molecule has 1 aliphatic heterocycles. The summed E-state index contributed by atoms with van der Waals surface area (Å²) in [7, 11) is 0. The molecule has 1 saturated heterocycles. The van der Waals surface area contributed by atoms with E-state index in [0.717, 1.165) is 25.8 Å². The molecule has 0 atom stereocenters. The maximum absolute atomic E-state index is 13.5. The van der Waals surface area contributed by atoms with E-state index in [0.29, 0.717) is 34.7 Å². The number of ether oxygens (including phenoxy) is 1. The third-order valence-electron chi connectivity index (χ3n) is 5.33. The van der Waals surface area contributed by atoms with Crippen LogP contribution in [0.1, 0.15) is 16.9 Å². The summed E-state index contributed by atoms with van der Waals surface area (Å²) in [6, 6.07) is 27.0. The minimum absolute atomic E-state index is 0.134. The Balaban J connectivity index is 1.45. The van der Waals surface area contributed by atoms with Crippen molar-refractivity contribution in [3.05, 3.63) is 122 Å². The number of nitrogens with zero attached hydrogens (tertiary/aromatic N) is 2. The van der Waals surface area contributed by atoms with Crippen LogP contribution in [0.15, 0.2) is 114 Å². The number of aliphatic imine (C=N–C) groups is 1. The number of hydrogen-bond donors (Lipinski definition) is 0. The fourth-order valence-corrected chi connectivity index (χ4v) is 5.18. The van der Waals surface area contributed by atoms with Crippen molar-refractivity contribution >= 4 is 66.5 Å². The SMILES string of the molecule is O=C1/C(=C/c2cc(Br)ccc2OCc2ccc(Br)cc2)SC(=Nc2ccccc2)N1Cc1ccco1. The number of carbonyl (C=O) groups is 1. The van der Waals surface area contributed by atoms with Crippen LogP contribution < -0.4 is 4.74 Å². The van der Waals surface area contributed by atoms with E-state index in [4.69, 9.17) is 14.1 Å². The summed E-state index contributed by atoms with van der Waals surface area (Å²) in [4.78, 5) is 20.4. The Morgan fingerprint density at radius 1 is 0.944 bits per heavy atom. The fourth-order valence-electron chi connectivity index (χ4n) is 3.55. The monoisotopic (exact) mass is 622 g/mol. The van der Waals surface area contributed by atoms with E-state index in [9.17, 15) is 4.79 Å². The van der Waals surface area contributed by atoms with E-state index in [1.165, 1.54) is 11.8 Å². The van der Waals surface area contributed by atoms with Gasteiger partial charge in [0.2, 0.25) is 0 Å². The van der Waals surface area contributed by atoms with Crippen LogP contribution in [0, 0.1) is 0 Å². The molecule has 180 valence electrons. The van der Waals surface area contributed by atoms with Crippen molar-refractivity contribution in [1.29, 1.82) is 0 Å². The second kappa shape index (κ2) is 11.3. The molecule has 4 aromatic rings. The van der Waals surface area contributed by atoms with Gasteiger partial charge in [-0.25, -0.2) is 4.99 Å². The number of amides is 1. The molecule has 1 fully saturated rings. The Morgan fingerprint density at radius 2 is 1.72 bits per heavy atom. The smallest absolute Gasteiger partial charge is 0.267 e. The van der Waals surface area contributed by atoms with Gasteiger partial charge in [-0.1, -0.05) is 62.2 Å². The van der Waals surface area contributed by atoms with Gasteiger partial charge in [0.05, 0.1) is 23.4 Å². The number of halogens is 2. The predicted octanol–water partition coefficient (Wildman–Crippen LogP) is 8.19. The van der Waals surface area contributed by atoms with E-state index >= 15 is 0 Å². The van der Waals surface area contributed by atoms with Gasteiger partial charge in [-0.2, -0.15) is 0 Å². The number of rotatable bonds is 7. The molecule has 1 aromatic heterocycles. The van der Waals surface area contributed by atoms with Crippen LogP contribution in [0.4, 0.5) is 5.69 Å². The van der Waals surface area contributed by atoms with Crippen LogP contribution in [-0.2, 0) is 17.9 Å². The van der Waals surface area contributed by atoms with Crippen LogP contribution in [0.25, 0.3) is 6.08 Å². The zero-order valence-electron chi connectivity index (χ0n) is 18.9. The second-order valence-electron chi connectivity index (χ2n) is 7.91. The predicted molar refractivity (Wildman–Crippen MR) is 151 cm³/mol. The molecule has 5 nitrogen and oxygen atoms in total. The summed E-state index contributed by atoms with van der Waals surface area (Å²) >= 11 is 8.34. The molecule has 2 heterocycles. The third kappa shape index (κ3) is 6.00. The minimum atomic E-state index is -0.134. The van der Waals surface area contributed by atoms with Crippen molar-refractivity contribution in [3.8, 4) is 5.75 Å². The lowest BCUT2D eigenvalue weighted by Gasteiger charge is -2.14. The Morgan fingerprint density at radius 3 is 2.47 bits per heavy atom. The lowest BCUT2D eigenvalue weighted by molar-refractivity contribution is -0.122. The lowest BCUT2D eigenvalue weighted by atomic mass is 10.1. The summed E-state index contributed by atoms with van der Waals surface area (Å²) in [5.41, 5.74) is 2.63. The molecular formula is C28H20Br2N2O3S. The van der Waals surface area contributed by atoms with Crippen molar-refractivity contribution in [2.45, 2.75) is 13.2 Å². The summed E-state index contributed by atoms with van der Waals surface area (Å²) in [6.07, 6.45) is 3.46. The van der Waals surface area contributed by atoms with Crippen molar-refractivity contribution in [2.24, 2.45) is 4.99 Å². The third-order valence-corrected chi connectivity index (χ3v) is 7.36. The van der Waals surface area contributed by atoms with Crippen LogP contribution in [-0.4, -0.2) is 16.0 Å². The van der Waals surface area contributed by atoms with Gasteiger partial charge >= 0.3 is 0 Å². The topological polar surface area (TPSA) is 55.0 Å². The number of hydrogen-bond acceptors (Lipinski definition) is 5. The maximum Gasteiger partial charge on any atom is 0.267 e. The van der Waals surface area contributed by atoms with Crippen LogP contribution in [0.5, 0.6) is 5.75 Å². The van der Waals surface area contributed by atoms with Crippen LogP contribution in [0.2, 0.25) is 0 Å². The van der Waals surface area contributed by atoms with Crippen LogP contribution >= 0.6 is 43.6 Å². The number of benzene rings is 3. The molecule has 1 aliphatic rings. The maximum atomic E-state index is 13.5. The molecule has 0 aliphatic carbocycles. The quantitative estimate of drug-likeness (QED) is 0.195. The van der Waals surface area contributed by atoms with Gasteiger partial charge in [-0.15, -0.1) is 0 Å². The number of para-hydroxylation sites is 1.